The van der Waals surface area contributed by atoms with Crippen LogP contribution < -0.4 is 16.0 Å². The largest absolute Gasteiger partial charge is 0.371 e. The van der Waals surface area contributed by atoms with E-state index in [1.54, 1.807) is 24.5 Å². The molecule has 0 saturated carbocycles. The van der Waals surface area contributed by atoms with Gasteiger partial charge < -0.3 is 16.0 Å². The zero-order valence-electron chi connectivity index (χ0n) is 17.8. The Hall–Kier alpha value is -3.85. The Bertz CT molecular complexity index is 1330. The first kappa shape index (κ1) is 21.4. The summed E-state index contributed by atoms with van der Waals surface area (Å²) in [4.78, 5) is 17.2. The normalized spacial score (nSPS) is 11.5. The molecule has 0 atom stereocenters. The average molecular weight is 446 g/mol. The van der Waals surface area contributed by atoms with Crippen molar-refractivity contribution < 1.29 is 4.79 Å². The van der Waals surface area contributed by atoms with E-state index < -0.39 is 0 Å². The lowest BCUT2D eigenvalue weighted by Crippen LogP contribution is -2.23. The molecule has 4 rings (SSSR count). The topological polar surface area (TPSA) is 115 Å². The molecule has 4 N–H and O–H groups in total. The Morgan fingerprint density at radius 2 is 2.00 bits per heavy atom. The van der Waals surface area contributed by atoms with Crippen molar-refractivity contribution in [2.75, 3.05) is 18.9 Å². The zero-order valence-corrected chi connectivity index (χ0v) is 18.6. The summed E-state index contributed by atoms with van der Waals surface area (Å²) in [5, 5.41) is 20.3. The second-order valence-electron chi connectivity index (χ2n) is 7.12. The van der Waals surface area contributed by atoms with Gasteiger partial charge in [-0.1, -0.05) is 30.3 Å². The Morgan fingerprint density at radius 3 is 2.78 bits per heavy atom. The van der Waals surface area contributed by atoms with E-state index in [1.807, 2.05) is 54.8 Å². The van der Waals surface area contributed by atoms with E-state index in [1.165, 1.54) is 0 Å². The Morgan fingerprint density at radius 1 is 1.12 bits per heavy atom. The van der Waals surface area contributed by atoms with E-state index in [0.717, 1.165) is 38.7 Å². The maximum atomic E-state index is 12.3. The van der Waals surface area contributed by atoms with Crippen molar-refractivity contribution >= 4 is 55.6 Å². The van der Waals surface area contributed by atoms with Crippen LogP contribution in [0.15, 0.2) is 64.2 Å². The van der Waals surface area contributed by atoms with Gasteiger partial charge in [0.1, 0.15) is 5.82 Å². The van der Waals surface area contributed by atoms with Crippen molar-refractivity contribution in [2.24, 2.45) is 10.3 Å². The summed E-state index contributed by atoms with van der Waals surface area (Å²) in [6, 6.07) is 15.3. The number of rotatable bonds is 7. The van der Waals surface area contributed by atoms with Gasteiger partial charge >= 0.3 is 0 Å². The van der Waals surface area contributed by atoms with Gasteiger partial charge in [0.15, 0.2) is 5.84 Å². The number of benzene rings is 2. The first-order valence-corrected chi connectivity index (χ1v) is 11.1. The monoisotopic (exact) mass is 445 g/mol. The van der Waals surface area contributed by atoms with Gasteiger partial charge in [-0.3, -0.25) is 4.79 Å². The fraction of sp³-hybridized carbons (Fsp3) is 0.174. The lowest BCUT2D eigenvalue weighted by molar-refractivity contribution is 0.0953. The van der Waals surface area contributed by atoms with Crippen LogP contribution in [0.2, 0.25) is 0 Å². The molecule has 2 heterocycles. The minimum Gasteiger partial charge on any atom is -0.371 e. The van der Waals surface area contributed by atoms with Crippen molar-refractivity contribution in [1.29, 1.82) is 5.53 Å². The first-order valence-electron chi connectivity index (χ1n) is 10.2. The molecule has 1 amide bonds. The molecule has 8 nitrogen and oxygen atoms in total. The van der Waals surface area contributed by atoms with Crippen molar-refractivity contribution in [3.8, 4) is 0 Å². The number of nitrogens with zero attached hydrogens (tertiary/aromatic N) is 3. The molecule has 0 unspecified atom stereocenters. The Balaban J connectivity index is 1.75. The maximum absolute atomic E-state index is 12.3. The van der Waals surface area contributed by atoms with E-state index >= 15 is 0 Å². The summed E-state index contributed by atoms with van der Waals surface area (Å²) in [6.45, 7) is 2.67. The maximum Gasteiger partial charge on any atom is 0.251 e. The molecule has 0 radical (unpaired) electrons. The number of thiophene rings is 1. The molecule has 9 heteroatoms. The van der Waals surface area contributed by atoms with Crippen LogP contribution in [0.25, 0.3) is 21.0 Å². The third-order valence-corrected chi connectivity index (χ3v) is 5.93. The third-order valence-electron chi connectivity index (χ3n) is 4.98. The van der Waals surface area contributed by atoms with Gasteiger partial charge in [-0.05, 0) is 42.1 Å². The molecule has 0 aliphatic carbocycles. The van der Waals surface area contributed by atoms with Crippen LogP contribution in [0.5, 0.6) is 0 Å². The van der Waals surface area contributed by atoms with Crippen LogP contribution in [-0.4, -0.2) is 30.3 Å². The van der Waals surface area contributed by atoms with Crippen LogP contribution in [-0.2, 0) is 0 Å². The predicted molar refractivity (Wildman–Crippen MR) is 130 cm³/mol. The van der Waals surface area contributed by atoms with Crippen LogP contribution in [0.3, 0.4) is 0 Å². The number of amides is 1. The average Bonchev–Trinajstić information content (AvgIpc) is 3.31. The van der Waals surface area contributed by atoms with E-state index in [0.29, 0.717) is 23.8 Å². The summed E-state index contributed by atoms with van der Waals surface area (Å²) in [5.41, 5.74) is 10.00. The summed E-state index contributed by atoms with van der Waals surface area (Å²) in [6.07, 6.45) is 0.888. The second kappa shape index (κ2) is 9.52. The van der Waals surface area contributed by atoms with Gasteiger partial charge in [0.25, 0.3) is 5.91 Å². The van der Waals surface area contributed by atoms with Crippen LogP contribution in [0, 0.1) is 5.53 Å². The standard InChI is InChI=1S/C23H23N7OS/c1-3-10-26-23(31)15-5-4-6-16(12-15)27-22-18-9-11-32-20(18)17-8-7-14(13-19(17)28-22)21(25-2)29-30-24/h4-9,11-13H,3,10H2,1-2H3,(H,26,31)(H,27,28)(H2,24,25,29). The van der Waals surface area contributed by atoms with Gasteiger partial charge in [-0.15, -0.1) is 16.4 Å². The number of carbonyl (C=O) groups is 1. The minimum atomic E-state index is -0.0917. The SMILES string of the molecule is CCCNC(=O)c1cccc(Nc2nc3cc(/C(=N/N=N)NC)ccc3c3sccc23)c1. The number of aromatic nitrogens is 1. The number of pyridine rings is 1. The van der Waals surface area contributed by atoms with E-state index in [2.05, 4.69) is 26.3 Å². The van der Waals surface area contributed by atoms with Gasteiger partial charge in [0, 0.05) is 45.9 Å². The summed E-state index contributed by atoms with van der Waals surface area (Å²) in [7, 11) is 1.74. The molecule has 0 aliphatic heterocycles. The highest BCUT2D eigenvalue weighted by Gasteiger charge is 2.13. The molecule has 0 saturated heterocycles. The number of carbonyl (C=O) groups excluding carboxylic acids is 1. The fourth-order valence-corrected chi connectivity index (χ4v) is 4.39. The minimum absolute atomic E-state index is 0.0917. The number of amidine groups is 1. The first-order chi connectivity index (χ1) is 15.6. The van der Waals surface area contributed by atoms with Gasteiger partial charge in [-0.25, -0.2) is 4.98 Å². The van der Waals surface area contributed by atoms with Crippen molar-refractivity contribution in [1.82, 2.24) is 15.6 Å². The molecule has 0 fully saturated rings. The lowest BCUT2D eigenvalue weighted by Gasteiger charge is -2.12. The molecular formula is C23H23N7OS. The lowest BCUT2D eigenvalue weighted by atomic mass is 10.1. The van der Waals surface area contributed by atoms with Gasteiger partial charge in [0.2, 0.25) is 0 Å². The number of nitrogens with one attached hydrogen (secondary N) is 4. The predicted octanol–water partition coefficient (Wildman–Crippen LogP) is 5.24. The van der Waals surface area contributed by atoms with Gasteiger partial charge in [0.05, 0.1) is 5.52 Å². The number of hydrogen-bond acceptors (Lipinski definition) is 6. The molecule has 32 heavy (non-hydrogen) atoms. The zero-order chi connectivity index (χ0) is 22.5. The number of hydrogen-bond donors (Lipinski definition) is 4. The molecule has 0 aliphatic rings. The quantitative estimate of drug-likeness (QED) is 0.135. The molecule has 4 aromatic rings. The van der Waals surface area contributed by atoms with Gasteiger partial charge in [-0.2, -0.15) is 5.53 Å². The molecule has 162 valence electrons. The third kappa shape index (κ3) is 4.28. The molecule has 0 spiro atoms. The van der Waals surface area contributed by atoms with E-state index in [9.17, 15) is 4.79 Å². The molecule has 2 aromatic carbocycles. The van der Waals surface area contributed by atoms with E-state index in [-0.39, 0.29) is 5.91 Å². The number of anilines is 2. The van der Waals surface area contributed by atoms with Crippen LogP contribution in [0.4, 0.5) is 11.5 Å². The highest BCUT2D eigenvalue weighted by atomic mass is 32.1. The highest BCUT2D eigenvalue weighted by molar-refractivity contribution is 7.18. The smallest absolute Gasteiger partial charge is 0.251 e. The molecule has 0 bridgehead atoms. The summed E-state index contributed by atoms with van der Waals surface area (Å²) in [5.74, 6) is 1.12. The number of fused-ring (bicyclic) bond motifs is 3. The molecular weight excluding hydrogens is 422 g/mol. The van der Waals surface area contributed by atoms with E-state index in [4.69, 9.17) is 10.5 Å². The highest BCUT2D eigenvalue weighted by Crippen LogP contribution is 2.35. The summed E-state index contributed by atoms with van der Waals surface area (Å²) >= 11 is 1.65. The second-order valence-corrected chi connectivity index (χ2v) is 8.03. The summed E-state index contributed by atoms with van der Waals surface area (Å²) < 4.78 is 1.12. The fourth-order valence-electron chi connectivity index (χ4n) is 3.46. The van der Waals surface area contributed by atoms with Crippen LogP contribution in [0.1, 0.15) is 29.3 Å². The Kier molecular flexibility index (Phi) is 6.37. The van der Waals surface area contributed by atoms with Crippen molar-refractivity contribution in [3.05, 3.63) is 65.0 Å². The van der Waals surface area contributed by atoms with Crippen molar-refractivity contribution in [2.45, 2.75) is 13.3 Å². The Labute approximate surface area is 189 Å². The molecule has 2 aromatic heterocycles. The van der Waals surface area contributed by atoms with Crippen molar-refractivity contribution in [3.63, 3.8) is 0 Å². The van der Waals surface area contributed by atoms with Crippen LogP contribution >= 0.6 is 11.3 Å².